The molecule has 18 heavy (non-hydrogen) atoms. The molecule has 0 radical (unpaired) electrons. The fourth-order valence-corrected chi connectivity index (χ4v) is 2.36. The predicted molar refractivity (Wildman–Crippen MR) is 71.9 cm³/mol. The standard InChI is InChI=1S/C14H22N2O2/c1-15-13(14-10-16(2)7-8-18-14)9-11-3-5-12(17)6-4-11/h3-6,13-15,17H,7-10H2,1-2H3. The van der Waals surface area contributed by atoms with Crippen LogP contribution >= 0.6 is 0 Å². The van der Waals surface area contributed by atoms with Gasteiger partial charge in [-0.2, -0.15) is 0 Å². The molecule has 1 aliphatic heterocycles. The van der Waals surface area contributed by atoms with Crippen LogP contribution in [0.2, 0.25) is 0 Å². The van der Waals surface area contributed by atoms with Crippen LogP contribution in [-0.2, 0) is 11.2 Å². The van der Waals surface area contributed by atoms with Crippen LogP contribution in [0.25, 0.3) is 0 Å². The van der Waals surface area contributed by atoms with Crippen molar-refractivity contribution < 1.29 is 9.84 Å². The molecule has 1 heterocycles. The van der Waals surface area contributed by atoms with Gasteiger partial charge in [-0.05, 0) is 38.2 Å². The summed E-state index contributed by atoms with van der Waals surface area (Å²) < 4.78 is 5.84. The van der Waals surface area contributed by atoms with Gasteiger partial charge in [0.05, 0.1) is 12.7 Å². The van der Waals surface area contributed by atoms with Crippen LogP contribution in [0.5, 0.6) is 5.75 Å². The highest BCUT2D eigenvalue weighted by molar-refractivity contribution is 5.26. The van der Waals surface area contributed by atoms with Gasteiger partial charge >= 0.3 is 0 Å². The summed E-state index contributed by atoms with van der Waals surface area (Å²) in [4.78, 5) is 2.30. The van der Waals surface area contributed by atoms with Gasteiger partial charge in [0.25, 0.3) is 0 Å². The molecule has 0 saturated carbocycles. The molecular weight excluding hydrogens is 228 g/mol. The molecule has 0 bridgehead atoms. The zero-order chi connectivity index (χ0) is 13.0. The summed E-state index contributed by atoms with van der Waals surface area (Å²) in [5.74, 6) is 0.313. The summed E-state index contributed by atoms with van der Waals surface area (Å²) in [6.45, 7) is 2.77. The van der Waals surface area contributed by atoms with Gasteiger partial charge in [-0.25, -0.2) is 0 Å². The van der Waals surface area contributed by atoms with Crippen molar-refractivity contribution in [3.05, 3.63) is 29.8 Å². The van der Waals surface area contributed by atoms with Crippen molar-refractivity contribution in [1.82, 2.24) is 10.2 Å². The number of phenols is 1. The van der Waals surface area contributed by atoms with E-state index in [1.165, 1.54) is 5.56 Å². The van der Waals surface area contributed by atoms with Gasteiger partial charge in [-0.1, -0.05) is 12.1 Å². The maximum absolute atomic E-state index is 9.28. The molecule has 1 fully saturated rings. The van der Waals surface area contributed by atoms with E-state index >= 15 is 0 Å². The second-order valence-corrected chi connectivity index (χ2v) is 4.94. The maximum Gasteiger partial charge on any atom is 0.115 e. The molecule has 2 N–H and O–H groups in total. The highest BCUT2D eigenvalue weighted by Gasteiger charge is 2.25. The normalized spacial score (nSPS) is 22.9. The number of aromatic hydroxyl groups is 1. The van der Waals surface area contributed by atoms with Crippen molar-refractivity contribution >= 4 is 0 Å². The van der Waals surface area contributed by atoms with Crippen molar-refractivity contribution in [2.75, 3.05) is 33.8 Å². The third-order valence-corrected chi connectivity index (χ3v) is 3.51. The molecule has 0 amide bonds. The van der Waals surface area contributed by atoms with Crippen molar-refractivity contribution in [2.24, 2.45) is 0 Å². The molecule has 4 heteroatoms. The Morgan fingerprint density at radius 3 is 2.78 bits per heavy atom. The third kappa shape index (κ3) is 3.45. The lowest BCUT2D eigenvalue weighted by atomic mass is 10.00. The average Bonchev–Trinajstić information content (AvgIpc) is 2.38. The predicted octanol–water partition coefficient (Wildman–Crippen LogP) is 0.853. The van der Waals surface area contributed by atoms with Crippen LogP contribution in [0.3, 0.4) is 0 Å². The summed E-state index contributed by atoms with van der Waals surface area (Å²) in [6.07, 6.45) is 1.14. The Labute approximate surface area is 109 Å². The van der Waals surface area contributed by atoms with E-state index in [0.29, 0.717) is 11.8 Å². The van der Waals surface area contributed by atoms with Gasteiger partial charge in [0.1, 0.15) is 5.75 Å². The molecule has 0 spiro atoms. The van der Waals surface area contributed by atoms with E-state index in [1.807, 2.05) is 19.2 Å². The minimum Gasteiger partial charge on any atom is -0.508 e. The number of rotatable bonds is 4. The largest absolute Gasteiger partial charge is 0.508 e. The Morgan fingerprint density at radius 1 is 1.44 bits per heavy atom. The van der Waals surface area contributed by atoms with Gasteiger partial charge < -0.3 is 20.1 Å². The number of likely N-dealkylation sites (N-methyl/N-ethyl adjacent to an activating group) is 2. The van der Waals surface area contributed by atoms with Gasteiger partial charge in [-0.3, -0.25) is 0 Å². The quantitative estimate of drug-likeness (QED) is 0.832. The molecule has 2 rings (SSSR count). The first-order valence-electron chi connectivity index (χ1n) is 6.44. The number of nitrogens with zero attached hydrogens (tertiary/aromatic N) is 1. The summed E-state index contributed by atoms with van der Waals surface area (Å²) in [6, 6.07) is 7.70. The Bertz CT molecular complexity index is 367. The van der Waals surface area contributed by atoms with Crippen LogP contribution in [0.1, 0.15) is 5.56 Å². The van der Waals surface area contributed by atoms with E-state index in [9.17, 15) is 5.11 Å². The van der Waals surface area contributed by atoms with E-state index in [4.69, 9.17) is 4.74 Å². The minimum atomic E-state index is 0.225. The Kier molecular flexibility index (Phi) is 4.58. The molecule has 2 atom stereocenters. The third-order valence-electron chi connectivity index (χ3n) is 3.51. The summed E-state index contributed by atoms with van der Waals surface area (Å²) in [5, 5.41) is 12.6. The molecule has 0 aliphatic carbocycles. The summed E-state index contributed by atoms with van der Waals surface area (Å²) >= 11 is 0. The number of ether oxygens (including phenoxy) is 1. The van der Waals surface area contributed by atoms with E-state index in [0.717, 1.165) is 26.1 Å². The molecular formula is C14H22N2O2. The highest BCUT2D eigenvalue weighted by atomic mass is 16.5. The lowest BCUT2D eigenvalue weighted by Crippen LogP contribution is -2.51. The van der Waals surface area contributed by atoms with E-state index in [1.54, 1.807) is 12.1 Å². The maximum atomic E-state index is 9.28. The Hall–Kier alpha value is -1.10. The molecule has 100 valence electrons. The lowest BCUT2D eigenvalue weighted by Gasteiger charge is -2.35. The zero-order valence-electron chi connectivity index (χ0n) is 11.1. The first-order valence-corrected chi connectivity index (χ1v) is 6.44. The topological polar surface area (TPSA) is 44.7 Å². The van der Waals surface area contributed by atoms with E-state index < -0.39 is 0 Å². The number of hydrogen-bond acceptors (Lipinski definition) is 4. The Morgan fingerprint density at radius 2 is 2.17 bits per heavy atom. The molecule has 1 saturated heterocycles. The van der Waals surface area contributed by atoms with Crippen molar-refractivity contribution in [3.8, 4) is 5.75 Å². The number of nitrogens with one attached hydrogen (secondary N) is 1. The van der Waals surface area contributed by atoms with Gasteiger partial charge in [0.2, 0.25) is 0 Å². The summed E-state index contributed by atoms with van der Waals surface area (Å²) in [5.41, 5.74) is 1.21. The number of hydrogen-bond donors (Lipinski definition) is 2. The Balaban J connectivity index is 1.98. The smallest absolute Gasteiger partial charge is 0.115 e. The molecule has 1 aromatic rings. The fourth-order valence-electron chi connectivity index (χ4n) is 2.36. The van der Waals surface area contributed by atoms with Gasteiger partial charge in [-0.15, -0.1) is 0 Å². The van der Waals surface area contributed by atoms with Crippen molar-refractivity contribution in [2.45, 2.75) is 18.6 Å². The van der Waals surface area contributed by atoms with Crippen molar-refractivity contribution in [1.29, 1.82) is 0 Å². The first kappa shape index (κ1) is 13.3. The first-order chi connectivity index (χ1) is 8.69. The number of morpholine rings is 1. The van der Waals surface area contributed by atoms with Crippen LogP contribution in [0.15, 0.2) is 24.3 Å². The minimum absolute atomic E-state index is 0.225. The fraction of sp³-hybridized carbons (Fsp3) is 0.571. The number of phenolic OH excluding ortho intramolecular Hbond substituents is 1. The van der Waals surface area contributed by atoms with Gasteiger partial charge in [0, 0.05) is 19.1 Å². The number of benzene rings is 1. The van der Waals surface area contributed by atoms with E-state index in [2.05, 4.69) is 17.3 Å². The summed E-state index contributed by atoms with van der Waals surface area (Å²) in [7, 11) is 4.10. The van der Waals surface area contributed by atoms with Crippen LogP contribution in [-0.4, -0.2) is 55.9 Å². The molecule has 1 aliphatic rings. The molecule has 2 unspecified atom stereocenters. The molecule has 0 aromatic heterocycles. The average molecular weight is 250 g/mol. The second kappa shape index (κ2) is 6.18. The highest BCUT2D eigenvalue weighted by Crippen LogP contribution is 2.15. The van der Waals surface area contributed by atoms with Gasteiger partial charge in [0.15, 0.2) is 0 Å². The molecule has 4 nitrogen and oxygen atoms in total. The van der Waals surface area contributed by atoms with Crippen LogP contribution in [0, 0.1) is 0 Å². The second-order valence-electron chi connectivity index (χ2n) is 4.94. The lowest BCUT2D eigenvalue weighted by molar-refractivity contribution is -0.0372. The van der Waals surface area contributed by atoms with Crippen molar-refractivity contribution in [3.63, 3.8) is 0 Å². The van der Waals surface area contributed by atoms with Crippen LogP contribution < -0.4 is 5.32 Å². The monoisotopic (exact) mass is 250 g/mol. The SMILES string of the molecule is CNC(Cc1ccc(O)cc1)C1CN(C)CCO1. The zero-order valence-corrected chi connectivity index (χ0v) is 11.1. The van der Waals surface area contributed by atoms with Crippen LogP contribution in [0.4, 0.5) is 0 Å². The van der Waals surface area contributed by atoms with E-state index in [-0.39, 0.29) is 6.10 Å². The molecule has 1 aromatic carbocycles.